The molecule has 0 aliphatic heterocycles. The summed E-state index contributed by atoms with van der Waals surface area (Å²) in [5.41, 5.74) is 0.278. The molecule has 4 heteroatoms. The largest absolute Gasteiger partial charge is 0.374 e. The van der Waals surface area contributed by atoms with E-state index >= 15 is 0 Å². The molecule has 0 atom stereocenters. The second-order valence-electron chi connectivity index (χ2n) is 2.69. The molecule has 1 aromatic carbocycles. The van der Waals surface area contributed by atoms with Gasteiger partial charge in [0.2, 0.25) is 0 Å². The second kappa shape index (κ2) is 5.08. The Bertz CT molecular complexity index is 339. The molecule has 0 aliphatic carbocycles. The molecular weight excluding hydrogens is 207 g/mol. The third-order valence-electron chi connectivity index (χ3n) is 1.68. The van der Waals surface area contributed by atoms with Gasteiger partial charge in [0, 0.05) is 12.2 Å². The third-order valence-corrected chi connectivity index (χ3v) is 1.99. The number of Topliss-reactive ketones (excluding diaryl/α,β-unsaturated/α-hetero) is 1. The SMILES string of the molecule is CCOCC(=O)c1ccc(Cl)c(F)c1. The Morgan fingerprint density at radius 1 is 1.57 bits per heavy atom. The monoisotopic (exact) mass is 216 g/mol. The quantitative estimate of drug-likeness (QED) is 0.724. The van der Waals surface area contributed by atoms with E-state index in [1.807, 2.05) is 0 Å². The van der Waals surface area contributed by atoms with Crippen molar-refractivity contribution >= 4 is 17.4 Å². The van der Waals surface area contributed by atoms with Gasteiger partial charge in [-0.15, -0.1) is 0 Å². The number of carbonyl (C=O) groups excluding carboxylic acids is 1. The molecule has 0 aromatic heterocycles. The van der Waals surface area contributed by atoms with E-state index in [0.717, 1.165) is 6.07 Å². The topological polar surface area (TPSA) is 26.3 Å². The maximum Gasteiger partial charge on any atom is 0.188 e. The molecule has 0 bridgehead atoms. The van der Waals surface area contributed by atoms with E-state index in [4.69, 9.17) is 16.3 Å². The average Bonchev–Trinajstić information content (AvgIpc) is 2.18. The summed E-state index contributed by atoms with van der Waals surface area (Å²) >= 11 is 5.47. The molecule has 0 N–H and O–H groups in total. The van der Waals surface area contributed by atoms with Crippen molar-refractivity contribution in [3.8, 4) is 0 Å². The zero-order chi connectivity index (χ0) is 10.6. The van der Waals surface area contributed by atoms with Gasteiger partial charge in [0.1, 0.15) is 12.4 Å². The highest BCUT2D eigenvalue weighted by Crippen LogP contribution is 2.15. The Morgan fingerprint density at radius 3 is 2.86 bits per heavy atom. The molecule has 1 rings (SSSR count). The van der Waals surface area contributed by atoms with Crippen LogP contribution in [0.2, 0.25) is 5.02 Å². The summed E-state index contributed by atoms with van der Waals surface area (Å²) < 4.78 is 17.9. The number of benzene rings is 1. The van der Waals surface area contributed by atoms with Crippen molar-refractivity contribution in [1.82, 2.24) is 0 Å². The Labute approximate surface area is 86.6 Å². The van der Waals surface area contributed by atoms with Crippen LogP contribution in [0.3, 0.4) is 0 Å². The lowest BCUT2D eigenvalue weighted by molar-refractivity contribution is 0.0783. The standard InChI is InChI=1S/C10H10ClFO2/c1-2-14-6-10(13)7-3-4-8(11)9(12)5-7/h3-5H,2,6H2,1H3. The van der Waals surface area contributed by atoms with Gasteiger partial charge in [-0.25, -0.2) is 4.39 Å². The minimum absolute atomic E-state index is 0.0120. The van der Waals surface area contributed by atoms with Crippen LogP contribution in [0.4, 0.5) is 4.39 Å². The molecule has 1 aromatic rings. The van der Waals surface area contributed by atoms with Crippen molar-refractivity contribution in [1.29, 1.82) is 0 Å². The van der Waals surface area contributed by atoms with Gasteiger partial charge < -0.3 is 4.74 Å². The van der Waals surface area contributed by atoms with Gasteiger partial charge in [-0.05, 0) is 25.1 Å². The number of ether oxygens (including phenoxy) is 1. The Morgan fingerprint density at radius 2 is 2.29 bits per heavy atom. The van der Waals surface area contributed by atoms with Gasteiger partial charge in [-0.1, -0.05) is 11.6 Å². The number of hydrogen-bond acceptors (Lipinski definition) is 2. The van der Waals surface area contributed by atoms with Crippen LogP contribution in [0, 0.1) is 5.82 Å². The van der Waals surface area contributed by atoms with Crippen molar-refractivity contribution in [2.75, 3.05) is 13.2 Å². The Kier molecular flexibility index (Phi) is 4.04. The van der Waals surface area contributed by atoms with Crippen LogP contribution < -0.4 is 0 Å². The predicted molar refractivity (Wildman–Crippen MR) is 52.2 cm³/mol. The summed E-state index contributed by atoms with van der Waals surface area (Å²) in [5.74, 6) is -0.837. The van der Waals surface area contributed by atoms with E-state index in [2.05, 4.69) is 0 Å². The molecule has 0 saturated carbocycles. The Balaban J connectivity index is 2.76. The summed E-state index contributed by atoms with van der Waals surface area (Å²) in [6.07, 6.45) is 0. The highest BCUT2D eigenvalue weighted by atomic mass is 35.5. The number of halogens is 2. The first-order chi connectivity index (χ1) is 6.65. The van der Waals surface area contributed by atoms with Gasteiger partial charge in [0.15, 0.2) is 5.78 Å². The highest BCUT2D eigenvalue weighted by molar-refractivity contribution is 6.30. The van der Waals surface area contributed by atoms with Gasteiger partial charge in [-0.3, -0.25) is 4.79 Å². The molecule has 0 heterocycles. The minimum atomic E-state index is -0.589. The maximum atomic E-state index is 12.9. The highest BCUT2D eigenvalue weighted by Gasteiger charge is 2.08. The van der Waals surface area contributed by atoms with Crippen molar-refractivity contribution in [2.24, 2.45) is 0 Å². The predicted octanol–water partition coefficient (Wildman–Crippen LogP) is 2.70. The van der Waals surface area contributed by atoms with E-state index in [0.29, 0.717) is 6.61 Å². The fourth-order valence-electron chi connectivity index (χ4n) is 0.948. The summed E-state index contributed by atoms with van der Waals surface area (Å²) in [6, 6.07) is 3.95. The molecule has 0 saturated heterocycles. The summed E-state index contributed by atoms with van der Waals surface area (Å²) in [5, 5.41) is 0.0120. The van der Waals surface area contributed by atoms with E-state index < -0.39 is 5.82 Å². The molecule has 0 unspecified atom stereocenters. The summed E-state index contributed by atoms with van der Waals surface area (Å²) in [4.78, 5) is 11.3. The molecule has 0 fully saturated rings. The first kappa shape index (κ1) is 11.1. The lowest BCUT2D eigenvalue weighted by Crippen LogP contribution is -2.09. The zero-order valence-corrected chi connectivity index (χ0v) is 8.47. The fourth-order valence-corrected chi connectivity index (χ4v) is 1.07. The number of rotatable bonds is 4. The van der Waals surface area contributed by atoms with Gasteiger partial charge >= 0.3 is 0 Å². The second-order valence-corrected chi connectivity index (χ2v) is 3.10. The van der Waals surface area contributed by atoms with Crippen molar-refractivity contribution in [3.05, 3.63) is 34.6 Å². The summed E-state index contributed by atoms with van der Waals surface area (Å²) in [6.45, 7) is 2.22. The first-order valence-corrected chi connectivity index (χ1v) is 4.59. The number of hydrogen-bond donors (Lipinski definition) is 0. The molecule has 0 amide bonds. The minimum Gasteiger partial charge on any atom is -0.374 e. The lowest BCUT2D eigenvalue weighted by atomic mass is 10.1. The fraction of sp³-hybridized carbons (Fsp3) is 0.300. The molecule has 0 aliphatic rings. The van der Waals surface area contributed by atoms with Crippen LogP contribution >= 0.6 is 11.6 Å². The zero-order valence-electron chi connectivity index (χ0n) is 7.72. The van der Waals surface area contributed by atoms with Gasteiger partial charge in [0.05, 0.1) is 5.02 Å². The molecule has 0 spiro atoms. The van der Waals surface area contributed by atoms with Crippen molar-refractivity contribution in [2.45, 2.75) is 6.92 Å². The molecule has 76 valence electrons. The van der Waals surface area contributed by atoms with Crippen LogP contribution in [0.1, 0.15) is 17.3 Å². The van der Waals surface area contributed by atoms with Crippen LogP contribution in [-0.2, 0) is 4.74 Å². The van der Waals surface area contributed by atoms with Crippen molar-refractivity contribution in [3.63, 3.8) is 0 Å². The van der Waals surface area contributed by atoms with Crippen LogP contribution in [0.15, 0.2) is 18.2 Å². The molecule has 14 heavy (non-hydrogen) atoms. The summed E-state index contributed by atoms with van der Waals surface area (Å²) in [7, 11) is 0. The normalized spacial score (nSPS) is 10.2. The molecule has 0 radical (unpaired) electrons. The first-order valence-electron chi connectivity index (χ1n) is 4.21. The Hall–Kier alpha value is -0.930. The molecule has 2 nitrogen and oxygen atoms in total. The average molecular weight is 217 g/mol. The lowest BCUT2D eigenvalue weighted by Gasteiger charge is -2.01. The van der Waals surface area contributed by atoms with E-state index in [1.54, 1.807) is 6.92 Å². The van der Waals surface area contributed by atoms with E-state index in [9.17, 15) is 9.18 Å². The van der Waals surface area contributed by atoms with Crippen LogP contribution in [0.25, 0.3) is 0 Å². The van der Waals surface area contributed by atoms with Crippen LogP contribution in [0.5, 0.6) is 0 Å². The third kappa shape index (κ3) is 2.79. The number of carbonyl (C=O) groups is 1. The molecular formula is C10H10ClFO2. The van der Waals surface area contributed by atoms with Crippen LogP contribution in [-0.4, -0.2) is 19.0 Å². The maximum absolute atomic E-state index is 12.9. The smallest absolute Gasteiger partial charge is 0.188 e. The van der Waals surface area contributed by atoms with Gasteiger partial charge in [-0.2, -0.15) is 0 Å². The van der Waals surface area contributed by atoms with Gasteiger partial charge in [0.25, 0.3) is 0 Å². The van der Waals surface area contributed by atoms with E-state index in [1.165, 1.54) is 12.1 Å². The van der Waals surface area contributed by atoms with Crippen molar-refractivity contribution < 1.29 is 13.9 Å². The van der Waals surface area contributed by atoms with E-state index in [-0.39, 0.29) is 23.0 Å². The number of ketones is 1.